The Morgan fingerprint density at radius 1 is 1.13 bits per heavy atom. The van der Waals surface area contributed by atoms with E-state index in [0.717, 1.165) is 17.7 Å². The molecule has 30 heavy (non-hydrogen) atoms. The Kier molecular flexibility index (Phi) is 5.94. The van der Waals surface area contributed by atoms with Gasteiger partial charge in [-0.25, -0.2) is 4.79 Å². The van der Waals surface area contributed by atoms with Gasteiger partial charge in [0, 0.05) is 17.1 Å². The highest BCUT2D eigenvalue weighted by Crippen LogP contribution is 2.34. The van der Waals surface area contributed by atoms with E-state index in [9.17, 15) is 14.4 Å². The lowest BCUT2D eigenvalue weighted by Gasteiger charge is -2.23. The van der Waals surface area contributed by atoms with Crippen LogP contribution in [-0.2, 0) is 9.53 Å². The number of amides is 2. The molecule has 0 radical (unpaired) electrons. The number of hydrogen-bond donors (Lipinski definition) is 1. The van der Waals surface area contributed by atoms with E-state index in [4.69, 9.17) is 9.15 Å². The summed E-state index contributed by atoms with van der Waals surface area (Å²) >= 11 is 1.63. The zero-order valence-electron chi connectivity index (χ0n) is 16.1. The van der Waals surface area contributed by atoms with Crippen LogP contribution in [0.15, 0.2) is 64.6 Å². The first-order chi connectivity index (χ1) is 14.6. The molecule has 154 valence electrons. The summed E-state index contributed by atoms with van der Waals surface area (Å²) in [4.78, 5) is 39.8. The molecule has 3 heterocycles. The summed E-state index contributed by atoms with van der Waals surface area (Å²) in [5, 5.41) is 4.67. The van der Waals surface area contributed by atoms with Gasteiger partial charge in [0.15, 0.2) is 12.4 Å². The lowest BCUT2D eigenvalue weighted by atomic mass is 10.2. The Morgan fingerprint density at radius 3 is 2.67 bits per heavy atom. The van der Waals surface area contributed by atoms with Crippen LogP contribution in [0.5, 0.6) is 0 Å². The molecule has 0 aliphatic carbocycles. The molecule has 3 aromatic rings. The van der Waals surface area contributed by atoms with Crippen molar-refractivity contribution >= 4 is 34.8 Å². The van der Waals surface area contributed by atoms with Crippen LogP contribution in [-0.4, -0.2) is 35.8 Å². The SMILES string of the molecule is O=C(OCC(=O)N1CCCC1c1cccs1)c1ccc(NC(=O)c2ccco2)cc1. The van der Waals surface area contributed by atoms with Gasteiger partial charge in [0.25, 0.3) is 11.8 Å². The second kappa shape index (κ2) is 8.96. The Hall–Kier alpha value is -3.39. The smallest absolute Gasteiger partial charge is 0.338 e. The first-order valence-corrected chi connectivity index (χ1v) is 10.4. The summed E-state index contributed by atoms with van der Waals surface area (Å²) in [5.41, 5.74) is 0.815. The number of carbonyl (C=O) groups excluding carboxylic acids is 3. The number of likely N-dealkylation sites (tertiary alicyclic amines) is 1. The standard InChI is InChI=1S/C22H20N2O5S/c25-20(24-11-1-4-17(24)19-6-3-13-30-19)14-29-22(27)15-7-9-16(10-8-15)23-21(26)18-5-2-12-28-18/h2-3,5-10,12-13,17H,1,4,11,14H2,(H,23,26). The number of hydrogen-bond acceptors (Lipinski definition) is 6. The van der Waals surface area contributed by atoms with Gasteiger partial charge in [0.1, 0.15) is 0 Å². The maximum Gasteiger partial charge on any atom is 0.338 e. The van der Waals surface area contributed by atoms with Gasteiger partial charge in [-0.1, -0.05) is 6.07 Å². The summed E-state index contributed by atoms with van der Waals surface area (Å²) in [6, 6.07) is 13.5. The van der Waals surface area contributed by atoms with Crippen LogP contribution in [0.4, 0.5) is 5.69 Å². The molecular weight excluding hydrogens is 404 g/mol. The largest absolute Gasteiger partial charge is 0.459 e. The van der Waals surface area contributed by atoms with Gasteiger partial charge in [-0.3, -0.25) is 9.59 Å². The summed E-state index contributed by atoms with van der Waals surface area (Å²) in [5.74, 6) is -0.965. The monoisotopic (exact) mass is 424 g/mol. The normalized spacial score (nSPS) is 15.7. The van der Waals surface area contributed by atoms with E-state index in [1.54, 1.807) is 40.5 Å². The molecule has 1 saturated heterocycles. The molecule has 0 saturated carbocycles. The van der Waals surface area contributed by atoms with Crippen LogP contribution < -0.4 is 5.32 Å². The topological polar surface area (TPSA) is 88.9 Å². The van der Waals surface area contributed by atoms with Crippen molar-refractivity contribution in [2.24, 2.45) is 0 Å². The number of furan rings is 1. The molecule has 1 atom stereocenters. The number of carbonyl (C=O) groups is 3. The Morgan fingerprint density at radius 2 is 1.97 bits per heavy atom. The fraction of sp³-hybridized carbons (Fsp3) is 0.227. The quantitative estimate of drug-likeness (QED) is 0.602. The van der Waals surface area contributed by atoms with Gasteiger partial charge < -0.3 is 19.4 Å². The number of benzene rings is 1. The number of rotatable bonds is 6. The molecule has 2 amide bonds. The first kappa shape index (κ1) is 19.9. The maximum atomic E-state index is 12.6. The molecule has 1 aliphatic rings. The molecule has 2 aromatic heterocycles. The van der Waals surface area contributed by atoms with Crippen LogP contribution in [0.3, 0.4) is 0 Å². The third kappa shape index (κ3) is 4.44. The van der Waals surface area contributed by atoms with Crippen molar-refractivity contribution < 1.29 is 23.5 Å². The molecule has 1 N–H and O–H groups in total. The third-order valence-electron chi connectivity index (χ3n) is 4.89. The predicted octanol–water partition coefficient (Wildman–Crippen LogP) is 4.11. The number of esters is 1. The van der Waals surface area contributed by atoms with E-state index in [0.29, 0.717) is 17.8 Å². The van der Waals surface area contributed by atoms with E-state index in [-0.39, 0.29) is 30.2 Å². The van der Waals surface area contributed by atoms with Crippen LogP contribution in [0.2, 0.25) is 0 Å². The molecule has 7 nitrogen and oxygen atoms in total. The van der Waals surface area contributed by atoms with E-state index < -0.39 is 5.97 Å². The average Bonchev–Trinajstić information content (AvgIpc) is 3.53. The van der Waals surface area contributed by atoms with E-state index in [1.807, 2.05) is 17.5 Å². The van der Waals surface area contributed by atoms with Crippen LogP contribution in [0.1, 0.15) is 44.7 Å². The number of nitrogens with zero attached hydrogens (tertiary/aromatic N) is 1. The Balaban J connectivity index is 1.30. The number of anilines is 1. The van der Waals surface area contributed by atoms with Gasteiger partial charge in [-0.05, 0) is 60.7 Å². The minimum Gasteiger partial charge on any atom is -0.459 e. The van der Waals surface area contributed by atoms with Crippen molar-refractivity contribution in [2.75, 3.05) is 18.5 Å². The van der Waals surface area contributed by atoms with Crippen molar-refractivity contribution in [1.29, 1.82) is 0 Å². The predicted molar refractivity (Wildman–Crippen MR) is 111 cm³/mol. The summed E-state index contributed by atoms with van der Waals surface area (Å²) in [6.07, 6.45) is 3.28. The molecule has 0 bridgehead atoms. The highest BCUT2D eigenvalue weighted by Gasteiger charge is 2.31. The molecule has 0 spiro atoms. The van der Waals surface area contributed by atoms with Crippen molar-refractivity contribution in [3.63, 3.8) is 0 Å². The number of nitrogens with one attached hydrogen (secondary N) is 1. The minimum atomic E-state index is -0.584. The molecule has 1 unspecified atom stereocenters. The molecular formula is C22H20N2O5S. The number of ether oxygens (including phenoxy) is 1. The highest BCUT2D eigenvalue weighted by molar-refractivity contribution is 7.10. The van der Waals surface area contributed by atoms with E-state index in [1.165, 1.54) is 18.4 Å². The summed E-state index contributed by atoms with van der Waals surface area (Å²) in [6.45, 7) is 0.376. The Labute approximate surface area is 177 Å². The molecule has 8 heteroatoms. The highest BCUT2D eigenvalue weighted by atomic mass is 32.1. The van der Waals surface area contributed by atoms with Crippen molar-refractivity contribution in [2.45, 2.75) is 18.9 Å². The van der Waals surface area contributed by atoms with Crippen LogP contribution >= 0.6 is 11.3 Å². The summed E-state index contributed by atoms with van der Waals surface area (Å²) < 4.78 is 10.3. The van der Waals surface area contributed by atoms with E-state index in [2.05, 4.69) is 5.32 Å². The lowest BCUT2D eigenvalue weighted by Crippen LogP contribution is -2.34. The van der Waals surface area contributed by atoms with Gasteiger partial charge in [-0.15, -0.1) is 11.3 Å². The van der Waals surface area contributed by atoms with Gasteiger partial charge >= 0.3 is 5.97 Å². The van der Waals surface area contributed by atoms with Gasteiger partial charge in [0.05, 0.1) is 17.9 Å². The zero-order chi connectivity index (χ0) is 20.9. The number of thiophene rings is 1. The first-order valence-electron chi connectivity index (χ1n) is 9.57. The Bertz CT molecular complexity index is 1010. The van der Waals surface area contributed by atoms with Gasteiger partial charge in [-0.2, -0.15) is 0 Å². The van der Waals surface area contributed by atoms with Gasteiger partial charge in [0.2, 0.25) is 0 Å². The summed E-state index contributed by atoms with van der Waals surface area (Å²) in [7, 11) is 0. The lowest BCUT2D eigenvalue weighted by molar-refractivity contribution is -0.135. The minimum absolute atomic E-state index is 0.0632. The maximum absolute atomic E-state index is 12.6. The fourth-order valence-corrected chi connectivity index (χ4v) is 4.30. The fourth-order valence-electron chi connectivity index (χ4n) is 3.43. The molecule has 4 rings (SSSR count). The van der Waals surface area contributed by atoms with E-state index >= 15 is 0 Å². The zero-order valence-corrected chi connectivity index (χ0v) is 16.9. The van der Waals surface area contributed by atoms with Crippen LogP contribution in [0.25, 0.3) is 0 Å². The molecule has 1 aliphatic heterocycles. The van der Waals surface area contributed by atoms with Crippen LogP contribution in [0, 0.1) is 0 Å². The molecule has 1 aromatic carbocycles. The average molecular weight is 424 g/mol. The second-order valence-corrected chi connectivity index (χ2v) is 7.82. The van der Waals surface area contributed by atoms with Crippen molar-refractivity contribution in [1.82, 2.24) is 4.90 Å². The molecule has 1 fully saturated rings. The second-order valence-electron chi connectivity index (χ2n) is 6.85. The van der Waals surface area contributed by atoms with Crippen molar-refractivity contribution in [3.8, 4) is 0 Å². The van der Waals surface area contributed by atoms with Crippen molar-refractivity contribution in [3.05, 3.63) is 76.4 Å². The third-order valence-corrected chi connectivity index (χ3v) is 5.87.